The minimum atomic E-state index is -0.705. The normalized spacial score (nSPS) is 18.0. The van der Waals surface area contributed by atoms with Gasteiger partial charge in [0.05, 0.1) is 5.41 Å². The molecule has 0 radical (unpaired) electrons. The summed E-state index contributed by atoms with van der Waals surface area (Å²) in [7, 11) is 0. The number of nitrogens with one attached hydrogen (secondary N) is 1. The number of fused-ring (bicyclic) bond motifs is 2. The highest BCUT2D eigenvalue weighted by Gasteiger charge is 2.46. The Hall–Kier alpha value is -3.12. The van der Waals surface area contributed by atoms with Crippen molar-refractivity contribution in [3.05, 3.63) is 83.4 Å². The van der Waals surface area contributed by atoms with Gasteiger partial charge in [0.25, 0.3) is 0 Å². The topological polar surface area (TPSA) is 56.8 Å². The maximum absolute atomic E-state index is 13.8. The Morgan fingerprint density at radius 3 is 2.34 bits per heavy atom. The van der Waals surface area contributed by atoms with E-state index in [1.807, 2.05) is 66.4 Å². The molecule has 0 spiro atoms. The fourth-order valence-corrected chi connectivity index (χ4v) is 5.21. The van der Waals surface area contributed by atoms with E-state index >= 15 is 0 Å². The van der Waals surface area contributed by atoms with Crippen LogP contribution in [0.15, 0.2) is 66.7 Å². The molecule has 1 N–H and O–H groups in total. The molecule has 1 amide bonds. The van der Waals surface area contributed by atoms with Crippen molar-refractivity contribution in [3.8, 4) is 17.2 Å². The van der Waals surface area contributed by atoms with Gasteiger partial charge in [0, 0.05) is 17.2 Å². The first-order chi connectivity index (χ1) is 15.7. The molecule has 0 atom stereocenters. The molecule has 2 aliphatic heterocycles. The smallest absolute Gasteiger partial charge is 0.235 e. The second kappa shape index (κ2) is 7.78. The van der Waals surface area contributed by atoms with E-state index < -0.39 is 5.41 Å². The van der Waals surface area contributed by atoms with Crippen molar-refractivity contribution in [1.29, 1.82) is 0 Å². The number of ether oxygens (including phenoxy) is 3. The molecule has 3 aromatic rings. The largest absolute Gasteiger partial charge is 0.489 e. The Morgan fingerprint density at radius 1 is 0.938 bits per heavy atom. The number of rotatable bonds is 5. The standard InChI is InChI=1S/C26H23NO4S/c28-25(27-20-6-8-21(9-7-20)31-22-14-32-15-22)26(12-17-3-1-2-4-18(17)13-26)19-5-10-23-24(11-19)30-16-29-23/h1-11,22H,12-16H2,(H,27,28). The highest BCUT2D eigenvalue weighted by atomic mass is 32.2. The van der Waals surface area contributed by atoms with E-state index in [-0.39, 0.29) is 12.7 Å². The maximum atomic E-state index is 13.8. The van der Waals surface area contributed by atoms with Crippen LogP contribution in [0.2, 0.25) is 0 Å². The molecule has 0 bridgehead atoms. The Labute approximate surface area is 191 Å². The van der Waals surface area contributed by atoms with Gasteiger partial charge in [-0.1, -0.05) is 30.3 Å². The average molecular weight is 446 g/mol. The number of hydrogen-bond acceptors (Lipinski definition) is 5. The van der Waals surface area contributed by atoms with E-state index in [2.05, 4.69) is 17.4 Å². The van der Waals surface area contributed by atoms with Crippen LogP contribution in [-0.4, -0.2) is 30.3 Å². The summed E-state index contributed by atoms with van der Waals surface area (Å²) in [4.78, 5) is 13.8. The van der Waals surface area contributed by atoms with Gasteiger partial charge in [-0.3, -0.25) is 4.79 Å². The lowest BCUT2D eigenvalue weighted by Gasteiger charge is -2.29. The van der Waals surface area contributed by atoms with Crippen molar-refractivity contribution in [3.63, 3.8) is 0 Å². The number of amides is 1. The van der Waals surface area contributed by atoms with Gasteiger partial charge in [-0.25, -0.2) is 0 Å². The number of anilines is 1. The van der Waals surface area contributed by atoms with E-state index in [0.29, 0.717) is 24.7 Å². The van der Waals surface area contributed by atoms with E-state index in [0.717, 1.165) is 34.3 Å². The van der Waals surface area contributed by atoms with Gasteiger partial charge in [-0.05, 0) is 65.9 Å². The van der Waals surface area contributed by atoms with Crippen molar-refractivity contribution < 1.29 is 19.0 Å². The minimum Gasteiger partial charge on any atom is -0.489 e. The first-order valence-corrected chi connectivity index (χ1v) is 12.0. The molecule has 162 valence electrons. The molecular formula is C26H23NO4S. The third kappa shape index (κ3) is 3.39. The van der Waals surface area contributed by atoms with Crippen molar-refractivity contribution in [2.45, 2.75) is 24.4 Å². The number of carbonyl (C=O) groups excluding carboxylic acids is 1. The van der Waals surface area contributed by atoms with Gasteiger partial charge in [-0.2, -0.15) is 11.8 Å². The zero-order chi connectivity index (χ0) is 21.5. The van der Waals surface area contributed by atoms with Gasteiger partial charge in [-0.15, -0.1) is 0 Å². The molecule has 32 heavy (non-hydrogen) atoms. The van der Waals surface area contributed by atoms with E-state index in [9.17, 15) is 4.79 Å². The van der Waals surface area contributed by atoms with Gasteiger partial charge in [0.1, 0.15) is 11.9 Å². The van der Waals surface area contributed by atoms with Crippen LogP contribution in [0.5, 0.6) is 17.2 Å². The molecule has 6 rings (SSSR count). The van der Waals surface area contributed by atoms with Crippen LogP contribution in [0.3, 0.4) is 0 Å². The second-order valence-corrected chi connectivity index (χ2v) is 9.60. The lowest BCUT2D eigenvalue weighted by molar-refractivity contribution is -0.121. The average Bonchev–Trinajstić information content (AvgIpc) is 3.42. The van der Waals surface area contributed by atoms with Crippen LogP contribution >= 0.6 is 11.8 Å². The summed E-state index contributed by atoms with van der Waals surface area (Å²) in [5.41, 5.74) is 3.42. The zero-order valence-corrected chi connectivity index (χ0v) is 18.3. The lowest BCUT2D eigenvalue weighted by Crippen LogP contribution is -2.41. The second-order valence-electron chi connectivity index (χ2n) is 8.53. The first-order valence-electron chi connectivity index (χ1n) is 10.8. The maximum Gasteiger partial charge on any atom is 0.235 e. The number of thioether (sulfide) groups is 1. The fraction of sp³-hybridized carbons (Fsp3) is 0.269. The molecule has 1 saturated heterocycles. The van der Waals surface area contributed by atoms with Crippen LogP contribution in [0.1, 0.15) is 16.7 Å². The fourth-order valence-electron chi connectivity index (χ4n) is 4.65. The van der Waals surface area contributed by atoms with Crippen molar-refractivity contribution in [2.75, 3.05) is 23.6 Å². The summed E-state index contributed by atoms with van der Waals surface area (Å²) in [6.45, 7) is 0.214. The molecular weight excluding hydrogens is 422 g/mol. The molecule has 1 aliphatic carbocycles. The summed E-state index contributed by atoms with van der Waals surface area (Å²) in [6, 6.07) is 21.8. The summed E-state index contributed by atoms with van der Waals surface area (Å²) < 4.78 is 17.0. The minimum absolute atomic E-state index is 0.0170. The van der Waals surface area contributed by atoms with Gasteiger partial charge < -0.3 is 19.5 Å². The summed E-state index contributed by atoms with van der Waals surface area (Å²) >= 11 is 1.89. The zero-order valence-electron chi connectivity index (χ0n) is 17.5. The highest BCUT2D eigenvalue weighted by Crippen LogP contribution is 2.44. The number of benzene rings is 3. The van der Waals surface area contributed by atoms with Crippen molar-refractivity contribution in [1.82, 2.24) is 0 Å². The first kappa shape index (κ1) is 19.6. The van der Waals surface area contributed by atoms with Crippen molar-refractivity contribution >= 4 is 23.4 Å². The van der Waals surface area contributed by atoms with Crippen molar-refractivity contribution in [2.24, 2.45) is 0 Å². The summed E-state index contributed by atoms with van der Waals surface area (Å²) in [6.07, 6.45) is 1.59. The SMILES string of the molecule is O=C(Nc1ccc(OC2CSC2)cc1)C1(c2ccc3c(c2)OCO3)Cc2ccccc2C1. The molecule has 0 saturated carbocycles. The van der Waals surface area contributed by atoms with Crippen LogP contribution in [-0.2, 0) is 23.1 Å². The van der Waals surface area contributed by atoms with E-state index in [1.165, 1.54) is 11.1 Å². The molecule has 6 heteroatoms. The molecule has 5 nitrogen and oxygen atoms in total. The third-order valence-corrected chi connectivity index (χ3v) is 7.70. The Kier molecular flexibility index (Phi) is 4.76. The van der Waals surface area contributed by atoms with Crippen LogP contribution < -0.4 is 19.5 Å². The third-order valence-electron chi connectivity index (χ3n) is 6.49. The summed E-state index contributed by atoms with van der Waals surface area (Å²) in [5, 5.41) is 3.16. The Bertz CT molecular complexity index is 1150. The predicted molar refractivity (Wildman–Crippen MR) is 125 cm³/mol. The quantitative estimate of drug-likeness (QED) is 0.623. The van der Waals surface area contributed by atoms with E-state index in [1.54, 1.807) is 0 Å². The molecule has 3 aromatic carbocycles. The number of carbonyl (C=O) groups is 1. The van der Waals surface area contributed by atoms with Gasteiger partial charge >= 0.3 is 0 Å². The molecule has 2 heterocycles. The van der Waals surface area contributed by atoms with Crippen LogP contribution in [0.25, 0.3) is 0 Å². The summed E-state index contributed by atoms with van der Waals surface area (Å²) in [5.74, 6) is 4.32. The Balaban J connectivity index is 1.29. The molecule has 0 aromatic heterocycles. The molecule has 0 unspecified atom stereocenters. The van der Waals surface area contributed by atoms with E-state index in [4.69, 9.17) is 14.2 Å². The predicted octanol–water partition coefficient (Wildman–Crippen LogP) is 4.58. The van der Waals surface area contributed by atoms with Gasteiger partial charge in [0.15, 0.2) is 11.5 Å². The van der Waals surface area contributed by atoms with Crippen LogP contribution in [0, 0.1) is 0 Å². The Morgan fingerprint density at radius 2 is 1.66 bits per heavy atom. The van der Waals surface area contributed by atoms with Gasteiger partial charge in [0.2, 0.25) is 12.7 Å². The highest BCUT2D eigenvalue weighted by molar-refractivity contribution is 8.00. The number of hydrogen-bond donors (Lipinski definition) is 1. The monoisotopic (exact) mass is 445 g/mol. The lowest BCUT2D eigenvalue weighted by atomic mass is 9.76. The van der Waals surface area contributed by atoms with Crippen LogP contribution in [0.4, 0.5) is 5.69 Å². The molecule has 3 aliphatic rings. The molecule has 1 fully saturated rings.